The molecule has 0 heteroatoms. The molecule has 0 heterocycles. The van der Waals surface area contributed by atoms with Gasteiger partial charge in [0.1, 0.15) is 0 Å². The molecule has 0 saturated carbocycles. The van der Waals surface area contributed by atoms with Crippen LogP contribution in [-0.2, 0) is 0 Å². The summed E-state index contributed by atoms with van der Waals surface area (Å²) in [4.78, 5) is 0. The van der Waals surface area contributed by atoms with E-state index in [2.05, 4.69) is 32.6 Å². The van der Waals surface area contributed by atoms with E-state index in [1.807, 2.05) is 0 Å². The molecule has 0 unspecified atom stereocenters. The minimum atomic E-state index is 0. The van der Waals surface area contributed by atoms with Gasteiger partial charge in [0.25, 0.3) is 0 Å². The minimum Gasteiger partial charge on any atom is -0.103 e. The summed E-state index contributed by atoms with van der Waals surface area (Å²) in [6.45, 7) is 6.50. The van der Waals surface area contributed by atoms with Crippen molar-refractivity contribution in [3.05, 3.63) is 0 Å². The van der Waals surface area contributed by atoms with Crippen LogP contribution in [-0.4, -0.2) is 0 Å². The summed E-state index contributed by atoms with van der Waals surface area (Å²) in [5.74, 6) is 7.11. The van der Waals surface area contributed by atoms with Crippen LogP contribution in [0.1, 0.15) is 66.7 Å². The van der Waals surface area contributed by atoms with E-state index in [0.717, 1.165) is 18.8 Å². The molecular weight excluding hydrogens is 156 g/mol. The van der Waals surface area contributed by atoms with Gasteiger partial charge < -0.3 is 0 Å². The lowest BCUT2D eigenvalue weighted by atomic mass is 10.1. The van der Waals surface area contributed by atoms with Crippen molar-refractivity contribution in [1.82, 2.24) is 0 Å². The molecule has 0 nitrogen and oxygen atoms in total. The normalized spacial score (nSPS) is 15.1. The summed E-state index contributed by atoms with van der Waals surface area (Å²) in [6.07, 6.45) is 7.73. The van der Waals surface area contributed by atoms with Crippen molar-refractivity contribution in [2.75, 3.05) is 0 Å². The Bertz CT molecular complexity index is 119. The van der Waals surface area contributed by atoms with Gasteiger partial charge in [-0.2, -0.15) is 0 Å². The topological polar surface area (TPSA) is 0 Å². The first-order chi connectivity index (χ1) is 5.73. The molecule has 1 aliphatic carbocycles. The van der Waals surface area contributed by atoms with Crippen molar-refractivity contribution in [2.24, 2.45) is 5.92 Å². The van der Waals surface area contributed by atoms with Gasteiger partial charge in [0.2, 0.25) is 0 Å². The summed E-state index contributed by atoms with van der Waals surface area (Å²) >= 11 is 0. The zero-order chi connectivity index (χ0) is 9.23. The first-order valence-corrected chi connectivity index (χ1v) is 5.19. The van der Waals surface area contributed by atoms with E-state index in [-0.39, 0.29) is 7.43 Å². The Morgan fingerprint density at radius 1 is 0.769 bits per heavy atom. The lowest BCUT2D eigenvalue weighted by Crippen LogP contribution is -1.80. The predicted molar refractivity (Wildman–Crippen MR) is 62.7 cm³/mol. The smallest absolute Gasteiger partial charge is 0.00886 e. The van der Waals surface area contributed by atoms with Crippen molar-refractivity contribution >= 4 is 0 Å². The molecule has 0 atom stereocenters. The van der Waals surface area contributed by atoms with Crippen LogP contribution in [0.2, 0.25) is 0 Å². The second kappa shape index (κ2) is 11.6. The zero-order valence-electron chi connectivity index (χ0n) is 8.82. The van der Waals surface area contributed by atoms with Crippen LogP contribution in [0.3, 0.4) is 0 Å². The standard InChI is InChI=1S/C8H12.C4H10.CH4/c1-2-4-6-8-7-5-3-1;1-4(2)3;/h1-6H2;4H,1-3H3;1H4. The molecule has 0 aromatic carbocycles. The van der Waals surface area contributed by atoms with E-state index < -0.39 is 0 Å². The first-order valence-electron chi connectivity index (χ1n) is 5.19. The molecule has 0 spiro atoms. The average molecular weight is 182 g/mol. The average Bonchev–Trinajstić information content (AvgIpc) is 1.82. The molecule has 0 N–H and O–H groups in total. The second-order valence-corrected chi connectivity index (χ2v) is 4.00. The number of hydrogen-bond acceptors (Lipinski definition) is 0. The van der Waals surface area contributed by atoms with Crippen LogP contribution >= 0.6 is 0 Å². The Kier molecular flexibility index (Phi) is 13.4. The van der Waals surface area contributed by atoms with E-state index in [0.29, 0.717) is 0 Å². The van der Waals surface area contributed by atoms with Gasteiger partial charge in [-0.3, -0.25) is 0 Å². The number of rotatable bonds is 0. The molecule has 0 bridgehead atoms. The summed E-state index contributed by atoms with van der Waals surface area (Å²) in [5, 5.41) is 0. The highest BCUT2D eigenvalue weighted by molar-refractivity contribution is 4.99. The lowest BCUT2D eigenvalue weighted by molar-refractivity contribution is 0.652. The van der Waals surface area contributed by atoms with Crippen LogP contribution in [0.25, 0.3) is 0 Å². The highest BCUT2D eigenvalue weighted by Gasteiger charge is 1.89. The molecular formula is C13H26. The van der Waals surface area contributed by atoms with Gasteiger partial charge in [0.05, 0.1) is 0 Å². The Balaban J connectivity index is 0. The van der Waals surface area contributed by atoms with Crippen molar-refractivity contribution in [3.63, 3.8) is 0 Å². The molecule has 1 rings (SSSR count). The molecule has 0 amide bonds. The van der Waals surface area contributed by atoms with Gasteiger partial charge in [-0.25, -0.2) is 0 Å². The van der Waals surface area contributed by atoms with E-state index in [1.54, 1.807) is 0 Å². The Hall–Kier alpha value is -0.440. The van der Waals surface area contributed by atoms with Gasteiger partial charge >= 0.3 is 0 Å². The van der Waals surface area contributed by atoms with Gasteiger partial charge in [-0.15, -0.1) is 11.8 Å². The molecule has 0 saturated heterocycles. The minimum absolute atomic E-state index is 0. The maximum Gasteiger partial charge on any atom is 0.00886 e. The molecule has 13 heavy (non-hydrogen) atoms. The molecule has 0 radical (unpaired) electrons. The van der Waals surface area contributed by atoms with Crippen molar-refractivity contribution in [1.29, 1.82) is 0 Å². The fourth-order valence-corrected chi connectivity index (χ4v) is 0.957. The third-order valence-electron chi connectivity index (χ3n) is 1.48. The zero-order valence-corrected chi connectivity index (χ0v) is 8.82. The molecule has 78 valence electrons. The Morgan fingerprint density at radius 2 is 1.08 bits per heavy atom. The van der Waals surface area contributed by atoms with Crippen LogP contribution in [0.15, 0.2) is 0 Å². The van der Waals surface area contributed by atoms with Crippen molar-refractivity contribution in [2.45, 2.75) is 66.7 Å². The monoisotopic (exact) mass is 182 g/mol. The molecule has 0 aliphatic heterocycles. The summed E-state index contributed by atoms with van der Waals surface area (Å²) in [6, 6.07) is 0. The fraction of sp³-hybridized carbons (Fsp3) is 0.846. The predicted octanol–water partition coefficient (Wildman–Crippen LogP) is 4.64. The molecule has 0 fully saturated rings. The fourth-order valence-electron chi connectivity index (χ4n) is 0.957. The van der Waals surface area contributed by atoms with E-state index in [9.17, 15) is 0 Å². The summed E-state index contributed by atoms with van der Waals surface area (Å²) in [7, 11) is 0. The first kappa shape index (κ1) is 15.1. The highest BCUT2D eigenvalue weighted by atomic mass is 13.9. The van der Waals surface area contributed by atoms with E-state index >= 15 is 0 Å². The quantitative estimate of drug-likeness (QED) is 0.479. The SMILES string of the molecule is C.C1#CCCCCCC1.CC(C)C. The van der Waals surface area contributed by atoms with E-state index in [1.165, 1.54) is 25.7 Å². The van der Waals surface area contributed by atoms with Crippen LogP contribution in [0.4, 0.5) is 0 Å². The molecule has 0 aromatic heterocycles. The maximum absolute atomic E-state index is 3.14. The number of hydrogen-bond donors (Lipinski definition) is 0. The summed E-state index contributed by atoms with van der Waals surface area (Å²) < 4.78 is 0. The van der Waals surface area contributed by atoms with Crippen LogP contribution in [0, 0.1) is 17.8 Å². The van der Waals surface area contributed by atoms with Gasteiger partial charge in [0, 0.05) is 12.8 Å². The molecule has 0 aromatic rings. The van der Waals surface area contributed by atoms with Gasteiger partial charge in [-0.1, -0.05) is 41.0 Å². The second-order valence-electron chi connectivity index (χ2n) is 4.00. The van der Waals surface area contributed by atoms with Crippen molar-refractivity contribution in [3.8, 4) is 11.8 Å². The van der Waals surface area contributed by atoms with Gasteiger partial charge in [-0.05, 0) is 18.8 Å². The van der Waals surface area contributed by atoms with Gasteiger partial charge in [0.15, 0.2) is 0 Å². The third kappa shape index (κ3) is 18.5. The Morgan fingerprint density at radius 3 is 1.38 bits per heavy atom. The molecule has 1 aliphatic rings. The summed E-state index contributed by atoms with van der Waals surface area (Å²) in [5.41, 5.74) is 0. The Labute approximate surface area is 85.1 Å². The van der Waals surface area contributed by atoms with Crippen LogP contribution in [0.5, 0.6) is 0 Å². The van der Waals surface area contributed by atoms with E-state index in [4.69, 9.17) is 0 Å². The highest BCUT2D eigenvalue weighted by Crippen LogP contribution is 2.06. The third-order valence-corrected chi connectivity index (χ3v) is 1.48. The van der Waals surface area contributed by atoms with Crippen molar-refractivity contribution < 1.29 is 0 Å². The largest absolute Gasteiger partial charge is 0.103 e. The lowest BCUT2D eigenvalue weighted by Gasteiger charge is -1.97. The van der Waals surface area contributed by atoms with Crippen LogP contribution < -0.4 is 0 Å². The maximum atomic E-state index is 3.14.